The number of benzene rings is 1. The topological polar surface area (TPSA) is 46.2 Å². The summed E-state index contributed by atoms with van der Waals surface area (Å²) in [7, 11) is -3.50. The summed E-state index contributed by atoms with van der Waals surface area (Å²) in [4.78, 5) is 0.117. The van der Waals surface area contributed by atoms with Crippen LogP contribution in [0.5, 0.6) is 0 Å². The number of hydrogen-bond donors (Lipinski definition) is 1. The van der Waals surface area contributed by atoms with Gasteiger partial charge in [0.25, 0.3) is 0 Å². The Kier molecular flexibility index (Phi) is 6.30. The maximum absolute atomic E-state index is 11.9. The van der Waals surface area contributed by atoms with Gasteiger partial charge in [-0.3, -0.25) is 0 Å². The Morgan fingerprint density at radius 3 is 2.76 bits per heavy atom. The predicted molar refractivity (Wildman–Crippen MR) is 77.3 cm³/mol. The lowest BCUT2D eigenvalue weighted by Crippen LogP contribution is -2.25. The van der Waals surface area contributed by atoms with E-state index in [2.05, 4.69) is 20.7 Å². The van der Waals surface area contributed by atoms with Gasteiger partial charge in [0, 0.05) is 11.0 Å². The van der Waals surface area contributed by atoms with E-state index >= 15 is 0 Å². The molecule has 96 valence electrons. The molecule has 3 nitrogen and oxygen atoms in total. The molecule has 0 aliphatic carbocycles. The second-order valence-electron chi connectivity index (χ2n) is 3.32. The maximum Gasteiger partial charge on any atom is 0.242 e. The SMILES string of the molecule is CSCCCNS(=O)(=O)c1ccc(Br)cc1Cl. The first-order chi connectivity index (χ1) is 7.97. The smallest absolute Gasteiger partial charge is 0.211 e. The van der Waals surface area contributed by atoms with Crippen molar-refractivity contribution in [2.45, 2.75) is 11.3 Å². The molecule has 1 N–H and O–H groups in total. The first-order valence-corrected chi connectivity index (χ1v) is 8.96. The molecule has 17 heavy (non-hydrogen) atoms. The van der Waals surface area contributed by atoms with Crippen molar-refractivity contribution >= 4 is 49.3 Å². The minimum atomic E-state index is -3.50. The van der Waals surface area contributed by atoms with Crippen molar-refractivity contribution in [3.8, 4) is 0 Å². The zero-order valence-electron chi connectivity index (χ0n) is 9.24. The lowest BCUT2D eigenvalue weighted by atomic mass is 10.4. The number of halogens is 2. The molecule has 0 spiro atoms. The Morgan fingerprint density at radius 2 is 2.18 bits per heavy atom. The highest BCUT2D eigenvalue weighted by Crippen LogP contribution is 2.24. The maximum atomic E-state index is 11.9. The molecule has 0 aliphatic rings. The van der Waals surface area contributed by atoms with Crippen LogP contribution >= 0.6 is 39.3 Å². The Balaban J connectivity index is 2.76. The van der Waals surface area contributed by atoms with Crippen molar-refractivity contribution in [3.05, 3.63) is 27.7 Å². The normalized spacial score (nSPS) is 11.7. The van der Waals surface area contributed by atoms with Crippen molar-refractivity contribution in [1.82, 2.24) is 4.72 Å². The molecule has 0 aromatic heterocycles. The molecule has 0 aliphatic heterocycles. The molecule has 1 aromatic rings. The summed E-state index contributed by atoms with van der Waals surface area (Å²) >= 11 is 10.8. The summed E-state index contributed by atoms with van der Waals surface area (Å²) in [5.74, 6) is 0.927. The first-order valence-electron chi connectivity index (χ1n) is 4.91. The van der Waals surface area contributed by atoms with Crippen LogP contribution in [0.2, 0.25) is 5.02 Å². The standard InChI is InChI=1S/C10H13BrClNO2S2/c1-16-6-2-5-13-17(14,15)10-4-3-8(11)7-9(10)12/h3-4,7,13H,2,5-6H2,1H3. The fourth-order valence-corrected chi connectivity index (χ4v) is 3.74. The van der Waals surface area contributed by atoms with Crippen LogP contribution in [-0.2, 0) is 10.0 Å². The van der Waals surface area contributed by atoms with Crippen molar-refractivity contribution in [2.75, 3.05) is 18.6 Å². The van der Waals surface area contributed by atoms with E-state index in [1.807, 2.05) is 6.26 Å². The Hall–Kier alpha value is 0.250. The van der Waals surface area contributed by atoms with E-state index in [-0.39, 0.29) is 9.92 Å². The van der Waals surface area contributed by atoms with Crippen LogP contribution in [0, 0.1) is 0 Å². The molecule has 7 heteroatoms. The summed E-state index contributed by atoms with van der Waals surface area (Å²) in [6.45, 7) is 0.426. The van der Waals surface area contributed by atoms with E-state index in [4.69, 9.17) is 11.6 Å². The van der Waals surface area contributed by atoms with Crippen molar-refractivity contribution in [2.24, 2.45) is 0 Å². The summed E-state index contributed by atoms with van der Waals surface area (Å²) in [5, 5.41) is 0.219. The number of rotatable bonds is 6. The Morgan fingerprint density at radius 1 is 1.47 bits per heavy atom. The van der Waals surface area contributed by atoms with Gasteiger partial charge in [-0.05, 0) is 36.6 Å². The lowest BCUT2D eigenvalue weighted by molar-refractivity contribution is 0.581. The van der Waals surface area contributed by atoms with E-state index < -0.39 is 10.0 Å². The van der Waals surface area contributed by atoms with E-state index in [0.29, 0.717) is 6.54 Å². The van der Waals surface area contributed by atoms with Crippen LogP contribution in [0.15, 0.2) is 27.6 Å². The van der Waals surface area contributed by atoms with Crippen molar-refractivity contribution < 1.29 is 8.42 Å². The highest BCUT2D eigenvalue weighted by Gasteiger charge is 2.17. The van der Waals surface area contributed by atoms with Crippen LogP contribution in [0.4, 0.5) is 0 Å². The van der Waals surface area contributed by atoms with Crippen molar-refractivity contribution in [3.63, 3.8) is 0 Å². The molecule has 1 aromatic carbocycles. The highest BCUT2D eigenvalue weighted by atomic mass is 79.9. The number of sulfonamides is 1. The fraction of sp³-hybridized carbons (Fsp3) is 0.400. The van der Waals surface area contributed by atoms with Gasteiger partial charge in [0.2, 0.25) is 10.0 Å². The van der Waals surface area contributed by atoms with Gasteiger partial charge < -0.3 is 0 Å². The lowest BCUT2D eigenvalue weighted by Gasteiger charge is -2.08. The minimum absolute atomic E-state index is 0.117. The van der Waals surface area contributed by atoms with Gasteiger partial charge in [-0.15, -0.1) is 0 Å². The largest absolute Gasteiger partial charge is 0.242 e. The predicted octanol–water partition coefficient (Wildman–Crippen LogP) is 3.13. The van der Waals surface area contributed by atoms with Gasteiger partial charge in [0.1, 0.15) is 4.90 Å². The Labute approximate surface area is 119 Å². The average Bonchev–Trinajstić information content (AvgIpc) is 2.24. The average molecular weight is 359 g/mol. The van der Waals surface area contributed by atoms with Gasteiger partial charge in [0.15, 0.2) is 0 Å². The molecule has 0 atom stereocenters. The van der Waals surface area contributed by atoms with Crippen LogP contribution in [0.25, 0.3) is 0 Å². The molecular weight excluding hydrogens is 346 g/mol. The Bertz CT molecular complexity index is 479. The van der Waals surface area contributed by atoms with E-state index in [1.165, 1.54) is 6.07 Å². The zero-order chi connectivity index (χ0) is 12.9. The van der Waals surface area contributed by atoms with Gasteiger partial charge in [-0.25, -0.2) is 13.1 Å². The van der Waals surface area contributed by atoms with E-state index in [0.717, 1.165) is 16.6 Å². The molecule has 0 amide bonds. The molecule has 1 rings (SSSR count). The summed E-state index contributed by atoms with van der Waals surface area (Å²) in [5.41, 5.74) is 0. The van der Waals surface area contributed by atoms with Crippen LogP contribution in [0.3, 0.4) is 0 Å². The molecule has 0 bridgehead atoms. The quantitative estimate of drug-likeness (QED) is 0.795. The molecular formula is C10H13BrClNO2S2. The highest BCUT2D eigenvalue weighted by molar-refractivity contribution is 9.10. The van der Waals surface area contributed by atoms with Crippen LogP contribution in [-0.4, -0.2) is 27.0 Å². The van der Waals surface area contributed by atoms with E-state index in [9.17, 15) is 8.42 Å². The zero-order valence-corrected chi connectivity index (χ0v) is 13.2. The number of thioether (sulfide) groups is 1. The van der Waals surface area contributed by atoms with E-state index in [1.54, 1.807) is 23.9 Å². The monoisotopic (exact) mass is 357 g/mol. The van der Waals surface area contributed by atoms with Gasteiger partial charge in [0.05, 0.1) is 5.02 Å². The molecule has 0 heterocycles. The second-order valence-corrected chi connectivity index (χ2v) is 7.36. The third-order valence-corrected chi connectivity index (χ3v) is 5.13. The summed E-state index contributed by atoms with van der Waals surface area (Å²) < 4.78 is 27.1. The van der Waals surface area contributed by atoms with Crippen LogP contribution < -0.4 is 4.72 Å². The third kappa shape index (κ3) is 4.79. The van der Waals surface area contributed by atoms with Gasteiger partial charge in [-0.2, -0.15) is 11.8 Å². The number of nitrogens with one attached hydrogen (secondary N) is 1. The molecule has 0 radical (unpaired) electrons. The number of hydrogen-bond acceptors (Lipinski definition) is 3. The summed E-state index contributed by atoms with van der Waals surface area (Å²) in [6, 6.07) is 4.71. The van der Waals surface area contributed by atoms with Gasteiger partial charge >= 0.3 is 0 Å². The third-order valence-electron chi connectivity index (χ3n) is 2.00. The second kappa shape index (κ2) is 6.99. The molecule has 0 saturated heterocycles. The van der Waals surface area contributed by atoms with Crippen molar-refractivity contribution in [1.29, 1.82) is 0 Å². The molecule has 0 saturated carbocycles. The fourth-order valence-electron chi connectivity index (χ4n) is 1.19. The molecule has 0 fully saturated rings. The summed E-state index contributed by atoms with van der Waals surface area (Å²) in [6.07, 6.45) is 2.79. The van der Waals surface area contributed by atoms with Gasteiger partial charge in [-0.1, -0.05) is 27.5 Å². The van der Waals surface area contributed by atoms with Crippen LogP contribution in [0.1, 0.15) is 6.42 Å². The molecule has 0 unspecified atom stereocenters. The minimum Gasteiger partial charge on any atom is -0.211 e. The first kappa shape index (κ1) is 15.3.